The first kappa shape index (κ1) is 45.5. The summed E-state index contributed by atoms with van der Waals surface area (Å²) < 4.78 is 26.3. The van der Waals surface area contributed by atoms with Crippen LogP contribution in [0.1, 0.15) is 187 Å². The summed E-state index contributed by atoms with van der Waals surface area (Å²) in [4.78, 5) is 42.6. The monoisotopic (exact) mass is 686 g/mol. The minimum Gasteiger partial charge on any atom is -0.462 e. The van der Waals surface area contributed by atoms with Gasteiger partial charge in [-0.05, 0) is 44.9 Å². The number of allylic oxidation sites excluding steroid dienone is 4. The van der Waals surface area contributed by atoms with E-state index in [4.69, 9.17) is 19.3 Å². The number of esters is 2. The molecule has 0 aromatic rings. The van der Waals surface area contributed by atoms with Crippen molar-refractivity contribution in [3.8, 4) is 0 Å². The van der Waals surface area contributed by atoms with Crippen molar-refractivity contribution < 1.29 is 37.9 Å². The summed E-state index contributed by atoms with van der Waals surface area (Å²) in [5.41, 5.74) is 0. The molecule has 0 unspecified atom stereocenters. The zero-order valence-electron chi connectivity index (χ0n) is 30.2. The Kier molecular flexibility index (Phi) is 33.3. The number of phosphoric ester groups is 1. The summed E-state index contributed by atoms with van der Waals surface area (Å²) in [6.07, 6.45) is 37.6. The van der Waals surface area contributed by atoms with Crippen LogP contribution < -0.4 is 0 Å². The number of carbonyl (C=O) groups excluding carboxylic acids is 2. The maximum absolute atomic E-state index is 12.3. The van der Waals surface area contributed by atoms with E-state index in [-0.39, 0.29) is 19.4 Å². The average molecular weight is 687 g/mol. The fourth-order valence-corrected chi connectivity index (χ4v) is 5.70. The third-order valence-electron chi connectivity index (χ3n) is 8.22. The third-order valence-corrected chi connectivity index (χ3v) is 8.71. The van der Waals surface area contributed by atoms with E-state index >= 15 is 0 Å². The predicted octanol–water partition coefficient (Wildman–Crippen LogP) is 11.2. The molecule has 0 aliphatic heterocycles. The molecule has 0 aromatic carbocycles. The maximum Gasteiger partial charge on any atom is 0.469 e. The van der Waals surface area contributed by atoms with Gasteiger partial charge in [0.25, 0.3) is 0 Å². The van der Waals surface area contributed by atoms with Gasteiger partial charge in [0.1, 0.15) is 6.61 Å². The number of rotatable bonds is 35. The van der Waals surface area contributed by atoms with Crippen LogP contribution in [-0.4, -0.2) is 41.0 Å². The second-order valence-electron chi connectivity index (χ2n) is 12.9. The highest BCUT2D eigenvalue weighted by molar-refractivity contribution is 7.46. The van der Waals surface area contributed by atoms with Crippen molar-refractivity contribution in [3.05, 3.63) is 24.3 Å². The molecular weight excluding hydrogens is 615 g/mol. The molecule has 0 aliphatic rings. The molecule has 0 heterocycles. The Hall–Kier alpha value is -1.47. The highest BCUT2D eigenvalue weighted by Gasteiger charge is 2.22. The lowest BCUT2D eigenvalue weighted by molar-refractivity contribution is -0.161. The third kappa shape index (κ3) is 37.2. The van der Waals surface area contributed by atoms with E-state index in [1.807, 2.05) is 0 Å². The highest BCUT2D eigenvalue weighted by atomic mass is 31.2. The Morgan fingerprint density at radius 1 is 0.553 bits per heavy atom. The van der Waals surface area contributed by atoms with Crippen molar-refractivity contribution in [2.75, 3.05) is 13.2 Å². The highest BCUT2D eigenvalue weighted by Crippen LogP contribution is 2.36. The summed E-state index contributed by atoms with van der Waals surface area (Å²) in [5.74, 6) is -0.887. The van der Waals surface area contributed by atoms with E-state index in [2.05, 4.69) is 42.7 Å². The first-order valence-corrected chi connectivity index (χ1v) is 20.7. The number of phosphoric acid groups is 1. The van der Waals surface area contributed by atoms with E-state index in [9.17, 15) is 14.2 Å². The topological polar surface area (TPSA) is 119 Å². The maximum atomic E-state index is 12.3. The molecule has 0 fully saturated rings. The van der Waals surface area contributed by atoms with Crippen LogP contribution in [0.4, 0.5) is 0 Å². The summed E-state index contributed by atoms with van der Waals surface area (Å²) in [6, 6.07) is 0. The van der Waals surface area contributed by atoms with E-state index in [0.29, 0.717) is 6.42 Å². The van der Waals surface area contributed by atoms with Crippen molar-refractivity contribution >= 4 is 19.8 Å². The van der Waals surface area contributed by atoms with Crippen LogP contribution in [0.15, 0.2) is 24.3 Å². The number of hydrogen-bond acceptors (Lipinski definition) is 6. The molecule has 1 atom stereocenters. The number of hydrogen-bond donors (Lipinski definition) is 2. The molecule has 8 nitrogen and oxygen atoms in total. The smallest absolute Gasteiger partial charge is 0.462 e. The normalized spacial score (nSPS) is 12.7. The lowest BCUT2D eigenvalue weighted by Crippen LogP contribution is -2.29. The summed E-state index contributed by atoms with van der Waals surface area (Å²) in [6.45, 7) is 3.63. The first-order valence-electron chi connectivity index (χ1n) is 19.1. The molecule has 9 heteroatoms. The van der Waals surface area contributed by atoms with Gasteiger partial charge in [0, 0.05) is 12.8 Å². The van der Waals surface area contributed by atoms with Crippen molar-refractivity contribution in [3.63, 3.8) is 0 Å². The lowest BCUT2D eigenvalue weighted by atomic mass is 10.1. The number of unbranched alkanes of at least 4 members (excludes halogenated alkanes) is 21. The van der Waals surface area contributed by atoms with E-state index in [1.165, 1.54) is 103 Å². The minimum absolute atomic E-state index is 0.214. The van der Waals surface area contributed by atoms with E-state index in [1.54, 1.807) is 0 Å². The van der Waals surface area contributed by atoms with Gasteiger partial charge in [-0.15, -0.1) is 0 Å². The van der Waals surface area contributed by atoms with Gasteiger partial charge >= 0.3 is 19.8 Å². The molecule has 0 saturated carbocycles. The SMILES string of the molecule is CCCCC/C=C\C/C=C\CCCCCCCCCCCC(=O)OC[C@H](COP(=O)(O)O)OC(=O)CCCCCCCCCCCC. The summed E-state index contributed by atoms with van der Waals surface area (Å²) in [7, 11) is -4.74. The molecular formula is C38H71O8P. The molecule has 0 aromatic heterocycles. The van der Waals surface area contributed by atoms with Crippen LogP contribution in [0.2, 0.25) is 0 Å². The van der Waals surface area contributed by atoms with E-state index < -0.39 is 32.5 Å². The molecule has 0 saturated heterocycles. The Morgan fingerprint density at radius 2 is 0.957 bits per heavy atom. The molecule has 276 valence electrons. The molecule has 0 amide bonds. The lowest BCUT2D eigenvalue weighted by Gasteiger charge is -2.18. The van der Waals surface area contributed by atoms with E-state index in [0.717, 1.165) is 51.4 Å². The number of ether oxygens (including phenoxy) is 2. The summed E-state index contributed by atoms with van der Waals surface area (Å²) in [5, 5.41) is 0. The first-order chi connectivity index (χ1) is 22.8. The van der Waals surface area contributed by atoms with Gasteiger partial charge in [-0.3, -0.25) is 14.1 Å². The molecule has 0 rings (SSSR count). The van der Waals surface area contributed by atoms with Crippen LogP contribution in [0.5, 0.6) is 0 Å². The van der Waals surface area contributed by atoms with Gasteiger partial charge in [-0.1, -0.05) is 154 Å². The van der Waals surface area contributed by atoms with Crippen molar-refractivity contribution in [1.82, 2.24) is 0 Å². The van der Waals surface area contributed by atoms with Gasteiger partial charge in [-0.2, -0.15) is 0 Å². The molecule has 0 spiro atoms. The number of carbonyl (C=O) groups is 2. The second-order valence-corrected chi connectivity index (χ2v) is 14.1. The molecule has 0 aliphatic carbocycles. The molecule has 0 radical (unpaired) electrons. The van der Waals surface area contributed by atoms with Crippen LogP contribution >= 0.6 is 7.82 Å². The second kappa shape index (κ2) is 34.4. The van der Waals surface area contributed by atoms with Gasteiger partial charge in [0.15, 0.2) is 6.10 Å². The zero-order chi connectivity index (χ0) is 34.7. The molecule has 2 N–H and O–H groups in total. The van der Waals surface area contributed by atoms with Crippen LogP contribution in [0.3, 0.4) is 0 Å². The molecule has 47 heavy (non-hydrogen) atoms. The largest absolute Gasteiger partial charge is 0.469 e. The predicted molar refractivity (Wildman–Crippen MR) is 193 cm³/mol. The van der Waals surface area contributed by atoms with Gasteiger partial charge in [0.05, 0.1) is 6.61 Å². The minimum atomic E-state index is -4.74. The van der Waals surface area contributed by atoms with Gasteiger partial charge < -0.3 is 19.3 Å². The fourth-order valence-electron chi connectivity index (χ4n) is 5.34. The Morgan fingerprint density at radius 3 is 1.45 bits per heavy atom. The van der Waals surface area contributed by atoms with Crippen molar-refractivity contribution in [1.29, 1.82) is 0 Å². The standard InChI is InChI=1S/C38H71O8P/c1-3-5-7-9-11-13-15-16-17-18-19-20-21-22-23-25-26-28-30-32-37(39)44-34-36(35-45-47(41,42)43)46-38(40)33-31-29-27-24-14-12-10-8-6-4-2/h11,13,16-17,36H,3-10,12,14-15,18-35H2,1-2H3,(H2,41,42,43)/b13-11-,17-16-/t36-/m1/s1. The Balaban J connectivity index is 3.89. The fraction of sp³-hybridized carbons (Fsp3) is 0.842. The Labute approximate surface area is 288 Å². The molecule has 0 bridgehead atoms. The van der Waals surface area contributed by atoms with Crippen LogP contribution in [-0.2, 0) is 28.2 Å². The van der Waals surface area contributed by atoms with Gasteiger partial charge in [0.2, 0.25) is 0 Å². The van der Waals surface area contributed by atoms with Gasteiger partial charge in [-0.25, -0.2) is 4.57 Å². The van der Waals surface area contributed by atoms with Crippen molar-refractivity contribution in [2.45, 2.75) is 193 Å². The van der Waals surface area contributed by atoms with Crippen LogP contribution in [0, 0.1) is 0 Å². The van der Waals surface area contributed by atoms with Crippen LogP contribution in [0.25, 0.3) is 0 Å². The summed E-state index contributed by atoms with van der Waals surface area (Å²) >= 11 is 0. The van der Waals surface area contributed by atoms with Crippen molar-refractivity contribution in [2.24, 2.45) is 0 Å². The average Bonchev–Trinajstić information content (AvgIpc) is 3.04. The zero-order valence-corrected chi connectivity index (χ0v) is 31.1. The Bertz CT molecular complexity index is 823. The quantitative estimate of drug-likeness (QED) is 0.0292.